The molecule has 1 aliphatic rings. The van der Waals surface area contributed by atoms with Crippen LogP contribution in [0.2, 0.25) is 5.02 Å². The van der Waals surface area contributed by atoms with E-state index in [4.69, 9.17) is 11.6 Å². The van der Waals surface area contributed by atoms with Gasteiger partial charge in [-0.15, -0.1) is 0 Å². The molecule has 1 N–H and O–H groups in total. The van der Waals surface area contributed by atoms with E-state index in [0.717, 1.165) is 6.54 Å². The highest BCUT2D eigenvalue weighted by Crippen LogP contribution is 2.25. The van der Waals surface area contributed by atoms with Crippen LogP contribution in [0.4, 0.5) is 5.69 Å². The Morgan fingerprint density at radius 3 is 2.64 bits per heavy atom. The fourth-order valence-corrected chi connectivity index (χ4v) is 3.15. The lowest BCUT2D eigenvalue weighted by Gasteiger charge is -2.22. The number of hydrogen-bond acceptors (Lipinski definition) is 3. The van der Waals surface area contributed by atoms with Crippen LogP contribution in [0, 0.1) is 5.92 Å². The summed E-state index contributed by atoms with van der Waals surface area (Å²) in [5.41, 5.74) is 1.05. The minimum absolute atomic E-state index is 0.203. The second-order valence-corrected chi connectivity index (χ2v) is 6.19. The molecule has 116 valence electrons. The molecule has 0 aliphatic heterocycles. The number of nitrogens with one attached hydrogen (secondary N) is 1. The van der Waals surface area contributed by atoms with Crippen molar-refractivity contribution >= 4 is 17.3 Å². The zero-order valence-corrected chi connectivity index (χ0v) is 13.2. The van der Waals surface area contributed by atoms with Gasteiger partial charge in [-0.3, -0.25) is 4.79 Å². The summed E-state index contributed by atoms with van der Waals surface area (Å²) >= 11 is 6.23. The summed E-state index contributed by atoms with van der Waals surface area (Å²) in [5, 5.41) is 7.73. The number of para-hydroxylation sites is 1. The van der Waals surface area contributed by atoms with Crippen molar-refractivity contribution in [2.45, 2.75) is 32.1 Å². The van der Waals surface area contributed by atoms with Crippen molar-refractivity contribution < 1.29 is 0 Å². The third-order valence-electron chi connectivity index (χ3n) is 4.23. The second-order valence-electron chi connectivity index (χ2n) is 5.81. The molecule has 0 spiro atoms. The predicted molar refractivity (Wildman–Crippen MR) is 89.9 cm³/mol. The molecule has 3 rings (SSSR count). The third kappa shape index (κ3) is 3.33. The number of anilines is 1. The average molecular weight is 318 g/mol. The number of halogens is 1. The molecular formula is C17H20ClN3O. The molecule has 22 heavy (non-hydrogen) atoms. The van der Waals surface area contributed by atoms with E-state index in [1.54, 1.807) is 6.20 Å². The van der Waals surface area contributed by atoms with Gasteiger partial charge in [0.1, 0.15) is 5.02 Å². The smallest absolute Gasteiger partial charge is 0.292 e. The highest BCUT2D eigenvalue weighted by Gasteiger charge is 2.15. The second kappa shape index (κ2) is 6.97. The van der Waals surface area contributed by atoms with Gasteiger partial charge in [0.15, 0.2) is 0 Å². The topological polar surface area (TPSA) is 46.9 Å². The fourth-order valence-electron chi connectivity index (χ4n) is 2.95. The first-order chi connectivity index (χ1) is 10.8. The van der Waals surface area contributed by atoms with Crippen molar-refractivity contribution in [2.24, 2.45) is 5.92 Å². The lowest BCUT2D eigenvalue weighted by Crippen LogP contribution is -2.24. The normalized spacial score (nSPS) is 15.7. The summed E-state index contributed by atoms with van der Waals surface area (Å²) in [6, 6.07) is 9.30. The van der Waals surface area contributed by atoms with Gasteiger partial charge in [-0.25, -0.2) is 0 Å². The molecule has 2 aromatic rings. The minimum atomic E-state index is -0.290. The average Bonchev–Trinajstić information content (AvgIpc) is 2.58. The summed E-state index contributed by atoms with van der Waals surface area (Å²) in [7, 11) is 0. The number of rotatable bonds is 4. The van der Waals surface area contributed by atoms with Crippen LogP contribution in [-0.4, -0.2) is 16.3 Å². The molecule has 1 aromatic carbocycles. The quantitative estimate of drug-likeness (QED) is 0.931. The molecule has 1 aliphatic carbocycles. The molecule has 1 aromatic heterocycles. The zero-order chi connectivity index (χ0) is 15.4. The maximum atomic E-state index is 12.4. The molecule has 5 heteroatoms. The van der Waals surface area contributed by atoms with E-state index in [1.165, 1.54) is 36.8 Å². The van der Waals surface area contributed by atoms with E-state index in [-0.39, 0.29) is 10.6 Å². The molecule has 0 bridgehead atoms. The van der Waals surface area contributed by atoms with E-state index in [2.05, 4.69) is 10.4 Å². The van der Waals surface area contributed by atoms with Crippen molar-refractivity contribution in [3.63, 3.8) is 0 Å². The predicted octanol–water partition coefficient (Wildman–Crippen LogP) is 3.88. The Morgan fingerprint density at radius 1 is 1.18 bits per heavy atom. The number of aromatic nitrogens is 2. The SMILES string of the molecule is O=c1c(Cl)c(NCC2CCCCC2)cnn1-c1ccccc1. The summed E-state index contributed by atoms with van der Waals surface area (Å²) < 4.78 is 1.33. The fraction of sp³-hybridized carbons (Fsp3) is 0.412. The van der Waals surface area contributed by atoms with Crippen molar-refractivity contribution in [3.05, 3.63) is 51.9 Å². The van der Waals surface area contributed by atoms with Gasteiger partial charge < -0.3 is 5.32 Å². The van der Waals surface area contributed by atoms with Crippen molar-refractivity contribution in [1.29, 1.82) is 0 Å². The first-order valence-corrected chi connectivity index (χ1v) is 8.20. The van der Waals surface area contributed by atoms with E-state index in [1.807, 2.05) is 30.3 Å². The Labute approximate surface area is 135 Å². The van der Waals surface area contributed by atoms with Crippen LogP contribution in [0.5, 0.6) is 0 Å². The summed E-state index contributed by atoms with van der Waals surface area (Å²) in [5.74, 6) is 0.668. The zero-order valence-electron chi connectivity index (χ0n) is 12.5. The van der Waals surface area contributed by atoms with Gasteiger partial charge in [0.25, 0.3) is 5.56 Å². The molecule has 0 unspecified atom stereocenters. The maximum absolute atomic E-state index is 12.4. The van der Waals surface area contributed by atoms with E-state index in [0.29, 0.717) is 17.3 Å². The highest BCUT2D eigenvalue weighted by molar-refractivity contribution is 6.32. The molecule has 0 radical (unpaired) electrons. The Balaban J connectivity index is 1.76. The lowest BCUT2D eigenvalue weighted by molar-refractivity contribution is 0.373. The van der Waals surface area contributed by atoms with Crippen LogP contribution in [0.25, 0.3) is 5.69 Å². The molecule has 1 fully saturated rings. The molecule has 1 heterocycles. The van der Waals surface area contributed by atoms with E-state index in [9.17, 15) is 4.79 Å². The first kappa shape index (κ1) is 15.1. The van der Waals surface area contributed by atoms with Crippen molar-refractivity contribution in [3.8, 4) is 5.69 Å². The lowest BCUT2D eigenvalue weighted by atomic mass is 9.89. The van der Waals surface area contributed by atoms with Gasteiger partial charge in [0, 0.05) is 6.54 Å². The highest BCUT2D eigenvalue weighted by atomic mass is 35.5. The van der Waals surface area contributed by atoms with Gasteiger partial charge >= 0.3 is 0 Å². The van der Waals surface area contributed by atoms with Gasteiger partial charge in [-0.2, -0.15) is 9.78 Å². The van der Waals surface area contributed by atoms with Crippen LogP contribution >= 0.6 is 11.6 Å². The monoisotopic (exact) mass is 317 g/mol. The van der Waals surface area contributed by atoms with Crippen LogP contribution < -0.4 is 10.9 Å². The number of nitrogens with zero attached hydrogens (tertiary/aromatic N) is 2. The Bertz CT molecular complexity index is 678. The van der Waals surface area contributed by atoms with Crippen molar-refractivity contribution in [1.82, 2.24) is 9.78 Å². The molecule has 4 nitrogen and oxygen atoms in total. The molecule has 1 saturated carbocycles. The van der Waals surface area contributed by atoms with Gasteiger partial charge in [-0.05, 0) is 30.9 Å². The van der Waals surface area contributed by atoms with Gasteiger partial charge in [0.05, 0.1) is 17.6 Å². The summed E-state index contributed by atoms with van der Waals surface area (Å²) in [6.07, 6.45) is 8.08. The van der Waals surface area contributed by atoms with E-state index < -0.39 is 0 Å². The van der Waals surface area contributed by atoms with Gasteiger partial charge in [-0.1, -0.05) is 49.1 Å². The Morgan fingerprint density at radius 2 is 1.91 bits per heavy atom. The Hall–Kier alpha value is -1.81. The van der Waals surface area contributed by atoms with Gasteiger partial charge in [0.2, 0.25) is 0 Å². The first-order valence-electron chi connectivity index (χ1n) is 7.83. The number of hydrogen-bond donors (Lipinski definition) is 1. The standard InChI is InChI=1S/C17H20ClN3O/c18-16-15(19-11-13-7-3-1-4-8-13)12-20-21(17(16)22)14-9-5-2-6-10-14/h2,5-6,9-10,12-13,19H,1,3-4,7-8,11H2. The van der Waals surface area contributed by atoms with Crippen LogP contribution in [-0.2, 0) is 0 Å². The number of benzene rings is 1. The summed E-state index contributed by atoms with van der Waals surface area (Å²) in [6.45, 7) is 0.857. The van der Waals surface area contributed by atoms with Crippen LogP contribution in [0.15, 0.2) is 41.3 Å². The molecule has 0 amide bonds. The third-order valence-corrected chi connectivity index (χ3v) is 4.59. The molecule has 0 atom stereocenters. The maximum Gasteiger partial charge on any atom is 0.292 e. The molecular weight excluding hydrogens is 298 g/mol. The van der Waals surface area contributed by atoms with Crippen LogP contribution in [0.1, 0.15) is 32.1 Å². The van der Waals surface area contributed by atoms with E-state index >= 15 is 0 Å². The Kier molecular flexibility index (Phi) is 4.78. The molecule has 0 saturated heterocycles. The van der Waals surface area contributed by atoms with Crippen LogP contribution in [0.3, 0.4) is 0 Å². The minimum Gasteiger partial charge on any atom is -0.382 e. The largest absolute Gasteiger partial charge is 0.382 e. The summed E-state index contributed by atoms with van der Waals surface area (Å²) in [4.78, 5) is 12.4. The van der Waals surface area contributed by atoms with Crippen molar-refractivity contribution in [2.75, 3.05) is 11.9 Å².